The third-order valence-electron chi connectivity index (χ3n) is 5.17. The number of hydrogen-bond donors (Lipinski definition) is 5. The van der Waals surface area contributed by atoms with Crippen molar-refractivity contribution in [2.24, 2.45) is 0 Å². The molecule has 0 amide bonds. The number of hydrogen-bond acceptors (Lipinski definition) is 8. The molecule has 0 radical (unpaired) electrons. The van der Waals surface area contributed by atoms with Crippen molar-refractivity contribution < 1.29 is 23.4 Å². The van der Waals surface area contributed by atoms with Crippen molar-refractivity contribution in [2.75, 3.05) is 10.6 Å². The lowest BCUT2D eigenvalue weighted by molar-refractivity contribution is -0.122. The monoisotopic (exact) mass is 473 g/mol. The van der Waals surface area contributed by atoms with Gasteiger partial charge in [-0.05, 0) is 50.8 Å². The van der Waals surface area contributed by atoms with Gasteiger partial charge in [-0.3, -0.25) is 9.89 Å². The summed E-state index contributed by atoms with van der Waals surface area (Å²) in [6, 6.07) is 13.4. The van der Waals surface area contributed by atoms with Crippen molar-refractivity contribution in [3.05, 3.63) is 54.2 Å². The standard InChI is InChI=1S/C21H25N5O3S.CH2O2/c1-14-11-21(26-25-14)24-20-13-18(30(28,29)17-5-3-2-4-6-17)12-19(23-20)22-15-7-9-16(27)10-8-15;2-1-3/h2-6,11-13,15-16,27H,7-10H2,1H3,(H3,22,23,24,25,26);1H,(H,2,3). The Balaban J connectivity index is 0.000000968. The lowest BCUT2D eigenvalue weighted by atomic mass is 9.93. The smallest absolute Gasteiger partial charge is 0.290 e. The Morgan fingerprint density at radius 1 is 1.00 bits per heavy atom. The Kier molecular flexibility index (Phi) is 8.01. The predicted octanol–water partition coefficient (Wildman–Crippen LogP) is 3.11. The molecule has 0 saturated heterocycles. The molecular weight excluding hydrogens is 446 g/mol. The van der Waals surface area contributed by atoms with Gasteiger partial charge in [-0.2, -0.15) is 5.10 Å². The number of anilines is 3. The molecule has 0 atom stereocenters. The second-order valence-corrected chi connectivity index (χ2v) is 9.66. The molecule has 4 rings (SSSR count). The molecule has 1 aliphatic rings. The molecule has 11 heteroatoms. The van der Waals surface area contributed by atoms with Gasteiger partial charge < -0.3 is 20.8 Å². The molecule has 10 nitrogen and oxygen atoms in total. The first-order chi connectivity index (χ1) is 15.8. The molecule has 0 aliphatic heterocycles. The predicted molar refractivity (Wildman–Crippen MR) is 123 cm³/mol. The van der Waals surface area contributed by atoms with Crippen LogP contribution in [0.25, 0.3) is 0 Å². The van der Waals surface area contributed by atoms with E-state index in [0.29, 0.717) is 17.5 Å². The van der Waals surface area contributed by atoms with Gasteiger partial charge in [0.2, 0.25) is 9.84 Å². The van der Waals surface area contributed by atoms with Crippen LogP contribution in [0.3, 0.4) is 0 Å². The summed E-state index contributed by atoms with van der Waals surface area (Å²) in [5.41, 5.74) is 0.879. The largest absolute Gasteiger partial charge is 0.483 e. The quantitative estimate of drug-likeness (QED) is 0.339. The van der Waals surface area contributed by atoms with Crippen LogP contribution >= 0.6 is 0 Å². The van der Waals surface area contributed by atoms with Crippen molar-refractivity contribution in [3.8, 4) is 0 Å². The summed E-state index contributed by atoms with van der Waals surface area (Å²) < 4.78 is 26.4. The van der Waals surface area contributed by atoms with E-state index in [1.54, 1.807) is 36.4 Å². The number of H-pyrrole nitrogens is 1. The first-order valence-electron chi connectivity index (χ1n) is 10.5. The minimum atomic E-state index is -3.71. The number of aryl methyl sites for hydroxylation is 1. The molecule has 0 spiro atoms. The number of aromatic amines is 1. The number of benzene rings is 1. The molecule has 1 aliphatic carbocycles. The number of aromatic nitrogens is 3. The summed E-state index contributed by atoms with van der Waals surface area (Å²) in [5.74, 6) is 1.42. The van der Waals surface area contributed by atoms with Gasteiger partial charge in [0, 0.05) is 23.9 Å². The van der Waals surface area contributed by atoms with E-state index in [2.05, 4.69) is 25.8 Å². The van der Waals surface area contributed by atoms with Gasteiger partial charge >= 0.3 is 0 Å². The number of aliphatic hydroxyl groups is 1. The van der Waals surface area contributed by atoms with Crippen LogP contribution in [0, 0.1) is 6.92 Å². The van der Waals surface area contributed by atoms with E-state index < -0.39 is 9.84 Å². The highest BCUT2D eigenvalue weighted by atomic mass is 32.2. The molecular formula is C22H27N5O5S. The van der Waals surface area contributed by atoms with Crippen LogP contribution in [0.2, 0.25) is 0 Å². The summed E-state index contributed by atoms with van der Waals surface area (Å²) in [5, 5.41) is 30.0. The van der Waals surface area contributed by atoms with E-state index in [9.17, 15) is 13.5 Å². The Bertz CT molecular complexity index is 1160. The maximum Gasteiger partial charge on any atom is 0.290 e. The molecule has 0 bridgehead atoms. The van der Waals surface area contributed by atoms with Crippen LogP contribution in [0.5, 0.6) is 0 Å². The summed E-state index contributed by atoms with van der Waals surface area (Å²) in [4.78, 5) is 13.3. The van der Waals surface area contributed by atoms with Gasteiger partial charge in [-0.1, -0.05) is 18.2 Å². The maximum absolute atomic E-state index is 13.2. The van der Waals surface area contributed by atoms with Crippen LogP contribution < -0.4 is 10.6 Å². The summed E-state index contributed by atoms with van der Waals surface area (Å²) in [7, 11) is -3.71. The van der Waals surface area contributed by atoms with E-state index in [0.717, 1.165) is 31.4 Å². The molecule has 2 aromatic heterocycles. The van der Waals surface area contributed by atoms with Gasteiger partial charge in [-0.25, -0.2) is 13.4 Å². The number of aliphatic hydroxyl groups excluding tert-OH is 1. The van der Waals surface area contributed by atoms with E-state index in [1.165, 1.54) is 6.07 Å². The van der Waals surface area contributed by atoms with E-state index in [-0.39, 0.29) is 28.4 Å². The Labute approximate surface area is 192 Å². The first kappa shape index (κ1) is 24.2. The van der Waals surface area contributed by atoms with E-state index >= 15 is 0 Å². The lowest BCUT2D eigenvalue weighted by Gasteiger charge is -2.26. The van der Waals surface area contributed by atoms with Crippen molar-refractivity contribution in [2.45, 2.75) is 54.5 Å². The first-order valence-corrected chi connectivity index (χ1v) is 11.9. The van der Waals surface area contributed by atoms with E-state index in [1.807, 2.05) is 13.0 Å². The highest BCUT2D eigenvalue weighted by Gasteiger charge is 2.23. The van der Waals surface area contributed by atoms with Crippen LogP contribution in [-0.2, 0) is 14.6 Å². The third kappa shape index (κ3) is 6.53. The second kappa shape index (κ2) is 10.9. The van der Waals surface area contributed by atoms with Crippen LogP contribution in [0.1, 0.15) is 31.4 Å². The fraction of sp³-hybridized carbons (Fsp3) is 0.318. The molecule has 1 fully saturated rings. The Morgan fingerprint density at radius 2 is 1.64 bits per heavy atom. The number of nitrogens with zero attached hydrogens (tertiary/aromatic N) is 2. The normalized spacial score (nSPS) is 18.0. The molecule has 3 aromatic rings. The summed E-state index contributed by atoms with van der Waals surface area (Å²) >= 11 is 0. The second-order valence-electron chi connectivity index (χ2n) is 7.71. The number of rotatable bonds is 6. The third-order valence-corrected chi connectivity index (χ3v) is 6.92. The highest BCUT2D eigenvalue weighted by molar-refractivity contribution is 7.91. The van der Waals surface area contributed by atoms with Crippen molar-refractivity contribution in [3.63, 3.8) is 0 Å². The number of sulfone groups is 1. The van der Waals surface area contributed by atoms with Crippen LogP contribution in [0.4, 0.5) is 17.5 Å². The minimum Gasteiger partial charge on any atom is -0.483 e. The van der Waals surface area contributed by atoms with Gasteiger partial charge in [0.25, 0.3) is 6.47 Å². The number of nitrogens with one attached hydrogen (secondary N) is 3. The summed E-state index contributed by atoms with van der Waals surface area (Å²) in [6.07, 6.45) is 2.79. The average molecular weight is 474 g/mol. The highest BCUT2D eigenvalue weighted by Crippen LogP contribution is 2.28. The SMILES string of the molecule is Cc1cc(Nc2cc(S(=O)(=O)c3ccccc3)cc(NC3CCC(O)CC3)n2)n[nH]1.O=CO. The van der Waals surface area contributed by atoms with Crippen molar-refractivity contribution >= 4 is 33.8 Å². The number of pyridine rings is 1. The van der Waals surface area contributed by atoms with Gasteiger partial charge in [0.1, 0.15) is 11.6 Å². The van der Waals surface area contributed by atoms with Crippen LogP contribution in [0.15, 0.2) is 58.3 Å². The Hall–Kier alpha value is -3.44. The molecule has 1 saturated carbocycles. The molecule has 0 unspecified atom stereocenters. The Morgan fingerprint density at radius 3 is 2.24 bits per heavy atom. The van der Waals surface area contributed by atoms with Crippen molar-refractivity contribution in [1.29, 1.82) is 0 Å². The molecule has 33 heavy (non-hydrogen) atoms. The number of carbonyl (C=O) groups is 1. The zero-order valence-electron chi connectivity index (χ0n) is 18.1. The molecule has 1 aromatic carbocycles. The molecule has 176 valence electrons. The zero-order valence-corrected chi connectivity index (χ0v) is 18.9. The number of carboxylic acid groups (broad SMARTS) is 1. The lowest BCUT2D eigenvalue weighted by Crippen LogP contribution is -2.28. The van der Waals surface area contributed by atoms with Gasteiger partial charge in [0.15, 0.2) is 5.82 Å². The zero-order chi connectivity index (χ0) is 23.8. The minimum absolute atomic E-state index is 0.135. The van der Waals surface area contributed by atoms with Crippen LogP contribution in [-0.4, -0.2) is 52.4 Å². The molecule has 5 N–H and O–H groups in total. The van der Waals surface area contributed by atoms with Gasteiger partial charge in [-0.15, -0.1) is 0 Å². The maximum atomic E-state index is 13.2. The fourth-order valence-electron chi connectivity index (χ4n) is 3.58. The fourth-order valence-corrected chi connectivity index (χ4v) is 4.90. The summed E-state index contributed by atoms with van der Waals surface area (Å²) in [6.45, 7) is 1.63. The topological polar surface area (TPSA) is 157 Å². The average Bonchev–Trinajstić information content (AvgIpc) is 3.21. The molecule has 2 heterocycles. The van der Waals surface area contributed by atoms with E-state index in [4.69, 9.17) is 9.90 Å². The van der Waals surface area contributed by atoms with Gasteiger partial charge in [0.05, 0.1) is 15.9 Å². The van der Waals surface area contributed by atoms with Crippen molar-refractivity contribution in [1.82, 2.24) is 15.2 Å².